The van der Waals surface area contributed by atoms with Crippen LogP contribution < -0.4 is 0 Å². The predicted molar refractivity (Wildman–Crippen MR) is 227 cm³/mol. The van der Waals surface area contributed by atoms with Crippen molar-refractivity contribution in [3.05, 3.63) is 188 Å². The van der Waals surface area contributed by atoms with Gasteiger partial charge in [0, 0.05) is 49.4 Å². The van der Waals surface area contributed by atoms with Gasteiger partial charge in [-0.2, -0.15) is 0 Å². The maximum absolute atomic E-state index is 6.75. The van der Waals surface area contributed by atoms with Gasteiger partial charge < -0.3 is 8.83 Å². The third-order valence-corrected chi connectivity index (χ3v) is 10.5. The van der Waals surface area contributed by atoms with Crippen LogP contribution in [-0.2, 0) is 0 Å². The second-order valence-electron chi connectivity index (χ2n) is 13.9. The number of aromatic nitrogens is 3. The van der Waals surface area contributed by atoms with E-state index in [2.05, 4.69) is 133 Å². The van der Waals surface area contributed by atoms with Gasteiger partial charge in [0.15, 0.2) is 17.5 Å². The Morgan fingerprint density at radius 2 is 0.750 bits per heavy atom. The first-order valence-electron chi connectivity index (χ1n) is 18.7. The average Bonchev–Trinajstić information content (AvgIpc) is 3.86. The molecule has 5 nitrogen and oxygen atoms in total. The Balaban J connectivity index is 1.05. The molecule has 0 aliphatic heterocycles. The molecule has 5 heteroatoms. The van der Waals surface area contributed by atoms with Crippen molar-refractivity contribution in [2.75, 3.05) is 0 Å². The zero-order valence-electron chi connectivity index (χ0n) is 30.1. The summed E-state index contributed by atoms with van der Waals surface area (Å²) in [5.41, 5.74) is 12.5. The second-order valence-corrected chi connectivity index (χ2v) is 13.9. The Labute approximate surface area is 322 Å². The molecule has 11 aromatic rings. The molecular formula is C51H31N3O2. The molecule has 0 unspecified atom stereocenters. The van der Waals surface area contributed by atoms with Gasteiger partial charge in [-0.15, -0.1) is 0 Å². The number of hydrogen-bond acceptors (Lipinski definition) is 5. The average molecular weight is 718 g/mol. The molecule has 8 aromatic carbocycles. The SMILES string of the molecule is c1ccc(-c2cccc(-c3nc(-c4ccccc4)nc(-c4cccc(-c5cccc6c5oc5cccc(-c7cccc8c7oc7ccccc78)c56)c4)n3)c2)cc1. The lowest BCUT2D eigenvalue weighted by Crippen LogP contribution is -2.00. The summed E-state index contributed by atoms with van der Waals surface area (Å²) in [5, 5.41) is 4.30. The van der Waals surface area contributed by atoms with Gasteiger partial charge in [-0.05, 0) is 46.5 Å². The van der Waals surface area contributed by atoms with Crippen molar-refractivity contribution in [1.29, 1.82) is 0 Å². The highest BCUT2D eigenvalue weighted by Crippen LogP contribution is 2.44. The summed E-state index contributed by atoms with van der Waals surface area (Å²) in [5.74, 6) is 1.83. The number of nitrogens with zero attached hydrogens (tertiary/aromatic N) is 3. The summed E-state index contributed by atoms with van der Waals surface area (Å²) in [4.78, 5) is 15.1. The van der Waals surface area contributed by atoms with E-state index < -0.39 is 0 Å². The van der Waals surface area contributed by atoms with Crippen molar-refractivity contribution >= 4 is 43.9 Å². The molecule has 0 amide bonds. The van der Waals surface area contributed by atoms with E-state index >= 15 is 0 Å². The van der Waals surface area contributed by atoms with Crippen LogP contribution in [0.25, 0.3) is 111 Å². The van der Waals surface area contributed by atoms with Crippen LogP contribution in [0.2, 0.25) is 0 Å². The van der Waals surface area contributed by atoms with Gasteiger partial charge in [0.1, 0.15) is 22.3 Å². The van der Waals surface area contributed by atoms with Crippen molar-refractivity contribution < 1.29 is 8.83 Å². The molecule has 3 aromatic heterocycles. The smallest absolute Gasteiger partial charge is 0.164 e. The van der Waals surface area contributed by atoms with Crippen LogP contribution in [0.3, 0.4) is 0 Å². The topological polar surface area (TPSA) is 65.0 Å². The van der Waals surface area contributed by atoms with Gasteiger partial charge >= 0.3 is 0 Å². The Hall–Kier alpha value is -7.63. The predicted octanol–water partition coefficient (Wildman–Crippen LogP) is 13.7. The van der Waals surface area contributed by atoms with Gasteiger partial charge in [-0.1, -0.05) is 164 Å². The Morgan fingerprint density at radius 3 is 1.52 bits per heavy atom. The molecule has 0 bridgehead atoms. The quantitative estimate of drug-likeness (QED) is 0.171. The van der Waals surface area contributed by atoms with Gasteiger partial charge in [0.2, 0.25) is 0 Å². The minimum Gasteiger partial charge on any atom is -0.455 e. The molecule has 0 N–H and O–H groups in total. The maximum Gasteiger partial charge on any atom is 0.164 e. The third kappa shape index (κ3) is 5.37. The summed E-state index contributed by atoms with van der Waals surface area (Å²) in [6.45, 7) is 0. The number of hydrogen-bond donors (Lipinski definition) is 0. The summed E-state index contributed by atoms with van der Waals surface area (Å²) < 4.78 is 13.2. The standard InChI is InChI=1S/C51H31N3O2/c1-3-14-32(15-4-1)34-18-9-20-36(30-34)50-52-49(33-16-5-2-6-17-33)53-51(54-50)37-21-10-19-35(31-37)38-23-11-27-43-46-40(24-13-29-45(46)56-47(38)43)42-26-12-25-41-39-22-7-8-28-44(39)55-48(41)42/h1-31H. The monoisotopic (exact) mass is 717 g/mol. The Bertz CT molecular complexity index is 3250. The highest BCUT2D eigenvalue weighted by molar-refractivity contribution is 6.18. The molecule has 0 saturated carbocycles. The van der Waals surface area contributed by atoms with Crippen LogP contribution in [-0.4, -0.2) is 15.0 Å². The van der Waals surface area contributed by atoms with Crippen LogP contribution in [0.4, 0.5) is 0 Å². The molecular weight excluding hydrogens is 687 g/mol. The largest absolute Gasteiger partial charge is 0.455 e. The van der Waals surface area contributed by atoms with E-state index in [1.807, 2.05) is 54.6 Å². The first kappa shape index (κ1) is 31.9. The molecule has 0 aliphatic carbocycles. The summed E-state index contributed by atoms with van der Waals surface area (Å²) in [6, 6.07) is 64.4. The minimum atomic E-state index is 0.596. The van der Waals surface area contributed by atoms with Crippen molar-refractivity contribution in [3.63, 3.8) is 0 Å². The number of para-hydroxylation sites is 3. The molecule has 3 heterocycles. The zero-order valence-corrected chi connectivity index (χ0v) is 30.1. The lowest BCUT2D eigenvalue weighted by atomic mass is 9.96. The van der Waals surface area contributed by atoms with Crippen molar-refractivity contribution in [2.24, 2.45) is 0 Å². The summed E-state index contributed by atoms with van der Waals surface area (Å²) >= 11 is 0. The van der Waals surface area contributed by atoms with Crippen molar-refractivity contribution in [2.45, 2.75) is 0 Å². The molecule has 0 radical (unpaired) electrons. The van der Waals surface area contributed by atoms with Crippen LogP contribution in [0.5, 0.6) is 0 Å². The molecule has 56 heavy (non-hydrogen) atoms. The van der Waals surface area contributed by atoms with E-state index in [0.717, 1.165) is 93.9 Å². The van der Waals surface area contributed by atoms with E-state index in [1.165, 1.54) is 0 Å². The fraction of sp³-hybridized carbons (Fsp3) is 0. The summed E-state index contributed by atoms with van der Waals surface area (Å²) in [6.07, 6.45) is 0. The molecule has 0 aliphatic rings. The number of rotatable bonds is 6. The van der Waals surface area contributed by atoms with Crippen LogP contribution in [0, 0.1) is 0 Å². The molecule has 262 valence electrons. The maximum atomic E-state index is 6.75. The fourth-order valence-corrected chi connectivity index (χ4v) is 7.90. The van der Waals surface area contributed by atoms with Crippen molar-refractivity contribution in [1.82, 2.24) is 15.0 Å². The van der Waals surface area contributed by atoms with Gasteiger partial charge in [-0.3, -0.25) is 0 Å². The number of furan rings is 2. The lowest BCUT2D eigenvalue weighted by molar-refractivity contribution is 0.669. The van der Waals surface area contributed by atoms with Gasteiger partial charge in [0.05, 0.1) is 0 Å². The van der Waals surface area contributed by atoms with E-state index in [4.69, 9.17) is 23.8 Å². The summed E-state index contributed by atoms with van der Waals surface area (Å²) in [7, 11) is 0. The minimum absolute atomic E-state index is 0.596. The normalized spacial score (nSPS) is 11.6. The Kier molecular flexibility index (Phi) is 7.42. The van der Waals surface area contributed by atoms with Crippen LogP contribution in [0.1, 0.15) is 0 Å². The molecule has 0 saturated heterocycles. The van der Waals surface area contributed by atoms with Gasteiger partial charge in [-0.25, -0.2) is 15.0 Å². The van der Waals surface area contributed by atoms with E-state index in [0.29, 0.717) is 17.5 Å². The molecule has 0 fully saturated rings. The first-order valence-corrected chi connectivity index (χ1v) is 18.7. The molecule has 0 atom stereocenters. The van der Waals surface area contributed by atoms with Crippen LogP contribution >= 0.6 is 0 Å². The van der Waals surface area contributed by atoms with Crippen molar-refractivity contribution in [3.8, 4) is 67.5 Å². The number of fused-ring (bicyclic) bond motifs is 6. The first-order chi connectivity index (χ1) is 27.7. The molecule has 11 rings (SSSR count). The van der Waals surface area contributed by atoms with E-state index in [-0.39, 0.29) is 0 Å². The lowest BCUT2D eigenvalue weighted by Gasteiger charge is -2.11. The zero-order chi connectivity index (χ0) is 37.0. The highest BCUT2D eigenvalue weighted by Gasteiger charge is 2.20. The Morgan fingerprint density at radius 1 is 0.286 bits per heavy atom. The fourth-order valence-electron chi connectivity index (χ4n) is 7.90. The second kappa shape index (κ2) is 13.0. The van der Waals surface area contributed by atoms with E-state index in [9.17, 15) is 0 Å². The highest BCUT2D eigenvalue weighted by atomic mass is 16.3. The van der Waals surface area contributed by atoms with Gasteiger partial charge in [0.25, 0.3) is 0 Å². The van der Waals surface area contributed by atoms with Crippen LogP contribution in [0.15, 0.2) is 197 Å². The van der Waals surface area contributed by atoms with E-state index in [1.54, 1.807) is 0 Å². The number of benzene rings is 8. The molecule has 0 spiro atoms. The third-order valence-electron chi connectivity index (χ3n) is 10.5.